The van der Waals surface area contributed by atoms with E-state index in [9.17, 15) is 0 Å². The Hall–Kier alpha value is -1.18. The second-order valence-corrected chi connectivity index (χ2v) is 6.36. The standard InChI is InChI=1S/C15H24O2/c1-14(2,3)11-8-12(16-7)10-13(9-11)17-15(4,5)6/h8-10H,1-7H3. The van der Waals surface area contributed by atoms with Gasteiger partial charge in [0.15, 0.2) is 0 Å². The predicted molar refractivity (Wildman–Crippen MR) is 72.1 cm³/mol. The zero-order valence-corrected chi connectivity index (χ0v) is 12.0. The summed E-state index contributed by atoms with van der Waals surface area (Å²) in [5.41, 5.74) is 1.11. The van der Waals surface area contributed by atoms with E-state index in [2.05, 4.69) is 32.9 Å². The molecule has 1 aromatic rings. The quantitative estimate of drug-likeness (QED) is 0.767. The molecule has 0 atom stereocenters. The maximum absolute atomic E-state index is 5.90. The Kier molecular flexibility index (Phi) is 3.75. The third-order valence-corrected chi connectivity index (χ3v) is 2.41. The molecule has 1 aromatic carbocycles. The van der Waals surface area contributed by atoms with E-state index < -0.39 is 0 Å². The van der Waals surface area contributed by atoms with E-state index in [-0.39, 0.29) is 11.0 Å². The first-order valence-corrected chi connectivity index (χ1v) is 6.00. The summed E-state index contributed by atoms with van der Waals surface area (Å²) in [5, 5.41) is 0. The molecule has 96 valence electrons. The van der Waals surface area contributed by atoms with Crippen molar-refractivity contribution in [3.8, 4) is 11.5 Å². The SMILES string of the molecule is COc1cc(OC(C)(C)C)cc(C(C)(C)C)c1. The molecule has 0 aliphatic heterocycles. The molecule has 0 fully saturated rings. The van der Waals surface area contributed by atoms with Crippen LogP contribution in [0.4, 0.5) is 0 Å². The van der Waals surface area contributed by atoms with Crippen molar-refractivity contribution in [1.82, 2.24) is 0 Å². The molecule has 0 unspecified atom stereocenters. The molecular formula is C15H24O2. The average molecular weight is 236 g/mol. The number of benzene rings is 1. The third kappa shape index (κ3) is 4.29. The van der Waals surface area contributed by atoms with Crippen LogP contribution >= 0.6 is 0 Å². The van der Waals surface area contributed by atoms with E-state index in [1.807, 2.05) is 26.8 Å². The zero-order chi connectivity index (χ0) is 13.3. The highest BCUT2D eigenvalue weighted by atomic mass is 16.5. The molecule has 0 bridgehead atoms. The van der Waals surface area contributed by atoms with Gasteiger partial charge in [0.1, 0.15) is 17.1 Å². The van der Waals surface area contributed by atoms with Gasteiger partial charge in [-0.3, -0.25) is 0 Å². The number of rotatable bonds is 2. The minimum absolute atomic E-state index is 0.0878. The fraction of sp³-hybridized carbons (Fsp3) is 0.600. The lowest BCUT2D eigenvalue weighted by atomic mass is 9.87. The highest BCUT2D eigenvalue weighted by Crippen LogP contribution is 2.32. The van der Waals surface area contributed by atoms with Crippen LogP contribution in [0.5, 0.6) is 11.5 Å². The molecule has 1 rings (SSSR count). The normalized spacial score (nSPS) is 12.4. The molecule has 0 aromatic heterocycles. The second kappa shape index (κ2) is 4.59. The van der Waals surface area contributed by atoms with Crippen LogP contribution in [0.25, 0.3) is 0 Å². The molecule has 0 saturated carbocycles. The highest BCUT2D eigenvalue weighted by Gasteiger charge is 2.18. The van der Waals surface area contributed by atoms with Gasteiger partial charge in [-0.15, -0.1) is 0 Å². The van der Waals surface area contributed by atoms with Crippen molar-refractivity contribution in [1.29, 1.82) is 0 Å². The summed E-state index contributed by atoms with van der Waals surface area (Å²) < 4.78 is 11.2. The number of ether oxygens (including phenoxy) is 2. The second-order valence-electron chi connectivity index (χ2n) is 6.36. The largest absolute Gasteiger partial charge is 0.497 e. The monoisotopic (exact) mass is 236 g/mol. The summed E-state index contributed by atoms with van der Waals surface area (Å²) in [6, 6.07) is 6.09. The van der Waals surface area contributed by atoms with Gasteiger partial charge in [0.25, 0.3) is 0 Å². The molecule has 0 spiro atoms. The van der Waals surface area contributed by atoms with Crippen LogP contribution < -0.4 is 9.47 Å². The molecule has 0 N–H and O–H groups in total. The van der Waals surface area contributed by atoms with Crippen LogP contribution in [-0.2, 0) is 5.41 Å². The predicted octanol–water partition coefficient (Wildman–Crippen LogP) is 4.17. The fourth-order valence-electron chi connectivity index (χ4n) is 1.54. The lowest BCUT2D eigenvalue weighted by molar-refractivity contribution is 0.130. The number of hydrogen-bond donors (Lipinski definition) is 0. The Morgan fingerprint density at radius 1 is 0.824 bits per heavy atom. The molecule has 2 heteroatoms. The van der Waals surface area contributed by atoms with Crippen LogP contribution in [0, 0.1) is 0 Å². The molecule has 0 radical (unpaired) electrons. The summed E-state index contributed by atoms with van der Waals surface area (Å²) in [4.78, 5) is 0. The molecule has 0 aliphatic carbocycles. The van der Waals surface area contributed by atoms with Crippen LogP contribution in [0.3, 0.4) is 0 Å². The lowest BCUT2D eigenvalue weighted by Crippen LogP contribution is -2.23. The first kappa shape index (κ1) is 13.9. The van der Waals surface area contributed by atoms with Gasteiger partial charge in [-0.1, -0.05) is 20.8 Å². The van der Waals surface area contributed by atoms with E-state index in [1.54, 1.807) is 7.11 Å². The fourth-order valence-corrected chi connectivity index (χ4v) is 1.54. The van der Waals surface area contributed by atoms with Crippen molar-refractivity contribution >= 4 is 0 Å². The van der Waals surface area contributed by atoms with Crippen molar-refractivity contribution < 1.29 is 9.47 Å². The molecule has 17 heavy (non-hydrogen) atoms. The van der Waals surface area contributed by atoms with E-state index >= 15 is 0 Å². The van der Waals surface area contributed by atoms with E-state index in [0.29, 0.717) is 0 Å². The van der Waals surface area contributed by atoms with Gasteiger partial charge < -0.3 is 9.47 Å². The molecule has 0 saturated heterocycles. The Balaban J connectivity index is 3.15. The first-order valence-electron chi connectivity index (χ1n) is 6.00. The molecule has 0 aliphatic rings. The van der Waals surface area contributed by atoms with E-state index in [0.717, 1.165) is 11.5 Å². The van der Waals surface area contributed by atoms with Crippen LogP contribution in [0.2, 0.25) is 0 Å². The topological polar surface area (TPSA) is 18.5 Å². The van der Waals surface area contributed by atoms with Crippen molar-refractivity contribution in [2.75, 3.05) is 7.11 Å². The van der Waals surface area contributed by atoms with Crippen molar-refractivity contribution in [2.45, 2.75) is 52.6 Å². The smallest absolute Gasteiger partial charge is 0.124 e. The minimum atomic E-state index is -0.193. The summed E-state index contributed by atoms with van der Waals surface area (Å²) in [5.74, 6) is 1.71. The van der Waals surface area contributed by atoms with Crippen molar-refractivity contribution in [3.05, 3.63) is 23.8 Å². The Labute approximate surface area is 105 Å². The maximum atomic E-state index is 5.90. The minimum Gasteiger partial charge on any atom is -0.497 e. The van der Waals surface area contributed by atoms with Gasteiger partial charge in [0, 0.05) is 6.07 Å². The van der Waals surface area contributed by atoms with Gasteiger partial charge in [0.05, 0.1) is 7.11 Å². The molecule has 0 amide bonds. The molecular weight excluding hydrogens is 212 g/mol. The van der Waals surface area contributed by atoms with Gasteiger partial charge in [-0.25, -0.2) is 0 Å². The lowest BCUT2D eigenvalue weighted by Gasteiger charge is -2.25. The number of methoxy groups -OCH3 is 1. The molecule has 2 nitrogen and oxygen atoms in total. The first-order chi connectivity index (χ1) is 7.62. The summed E-state index contributed by atoms with van der Waals surface area (Å²) in [6.45, 7) is 12.7. The van der Waals surface area contributed by atoms with Gasteiger partial charge in [-0.05, 0) is 43.9 Å². The number of hydrogen-bond acceptors (Lipinski definition) is 2. The van der Waals surface area contributed by atoms with E-state index in [4.69, 9.17) is 9.47 Å². The Bertz CT molecular complexity index is 381. The maximum Gasteiger partial charge on any atom is 0.124 e. The van der Waals surface area contributed by atoms with E-state index in [1.165, 1.54) is 5.56 Å². The highest BCUT2D eigenvalue weighted by molar-refractivity contribution is 5.41. The third-order valence-electron chi connectivity index (χ3n) is 2.41. The van der Waals surface area contributed by atoms with Crippen molar-refractivity contribution in [2.24, 2.45) is 0 Å². The van der Waals surface area contributed by atoms with Crippen LogP contribution in [0.15, 0.2) is 18.2 Å². The van der Waals surface area contributed by atoms with Crippen LogP contribution in [0.1, 0.15) is 47.1 Å². The zero-order valence-electron chi connectivity index (χ0n) is 12.0. The molecule has 0 heterocycles. The summed E-state index contributed by atoms with van der Waals surface area (Å²) in [7, 11) is 1.68. The van der Waals surface area contributed by atoms with Gasteiger partial charge in [-0.2, -0.15) is 0 Å². The summed E-state index contributed by atoms with van der Waals surface area (Å²) >= 11 is 0. The Morgan fingerprint density at radius 3 is 1.76 bits per heavy atom. The van der Waals surface area contributed by atoms with Crippen LogP contribution in [-0.4, -0.2) is 12.7 Å². The van der Waals surface area contributed by atoms with Crippen molar-refractivity contribution in [3.63, 3.8) is 0 Å². The summed E-state index contributed by atoms with van der Waals surface area (Å²) in [6.07, 6.45) is 0. The average Bonchev–Trinajstić information content (AvgIpc) is 2.13. The van der Waals surface area contributed by atoms with Gasteiger partial charge in [0.2, 0.25) is 0 Å². The Morgan fingerprint density at radius 2 is 1.35 bits per heavy atom. The van der Waals surface area contributed by atoms with Gasteiger partial charge >= 0.3 is 0 Å².